The van der Waals surface area contributed by atoms with Crippen molar-refractivity contribution in [1.82, 2.24) is 29.6 Å². The second-order valence-electron chi connectivity index (χ2n) is 13.2. The van der Waals surface area contributed by atoms with Gasteiger partial charge in [-0.2, -0.15) is 0 Å². The van der Waals surface area contributed by atoms with Crippen molar-refractivity contribution in [2.75, 3.05) is 78.8 Å². The Hall–Kier alpha value is -4.14. The molecular formula is C39H48N6O6S. The van der Waals surface area contributed by atoms with Crippen LogP contribution in [0, 0.1) is 0 Å². The van der Waals surface area contributed by atoms with E-state index in [1.165, 1.54) is 11.8 Å². The van der Waals surface area contributed by atoms with E-state index < -0.39 is 5.25 Å². The largest absolute Gasteiger partial charge is 0.373 e. The fraction of sp³-hybridized carbons (Fsp3) is 0.462. The predicted molar refractivity (Wildman–Crippen MR) is 203 cm³/mol. The van der Waals surface area contributed by atoms with E-state index in [1.807, 2.05) is 78.6 Å². The molecule has 2 aliphatic rings. The lowest BCUT2D eigenvalue weighted by molar-refractivity contribution is -0.132. The second-order valence-corrected chi connectivity index (χ2v) is 14.3. The molecular weight excluding hydrogens is 681 g/mol. The van der Waals surface area contributed by atoms with Crippen molar-refractivity contribution in [2.24, 2.45) is 0 Å². The summed E-state index contributed by atoms with van der Waals surface area (Å²) < 4.78 is 12.6. The molecule has 276 valence electrons. The van der Waals surface area contributed by atoms with Crippen LogP contribution in [0.15, 0.2) is 76.7 Å². The number of carbonyl (C=O) groups excluding carboxylic acids is 3. The number of amides is 2. The highest BCUT2D eigenvalue weighted by Gasteiger charge is 2.35. The number of piperazine rings is 1. The SMILES string of the molecule is CCn1c(S[C@@H](C(=O)N2CCC[C@@H]2CNC(=O)COCCN2CCN(CCOCC=O)CC2)c2ccccc2)nc2cc3ccccc3cc2c1=O. The molecule has 52 heavy (non-hydrogen) atoms. The van der Waals surface area contributed by atoms with Crippen molar-refractivity contribution in [1.29, 1.82) is 0 Å². The maximum atomic E-state index is 14.4. The van der Waals surface area contributed by atoms with Gasteiger partial charge in [-0.25, -0.2) is 4.98 Å². The van der Waals surface area contributed by atoms with E-state index >= 15 is 0 Å². The quantitative estimate of drug-likeness (QED) is 0.0569. The minimum absolute atomic E-state index is 0.0331. The van der Waals surface area contributed by atoms with Gasteiger partial charge in [0.25, 0.3) is 5.56 Å². The first-order valence-corrected chi connectivity index (χ1v) is 19.1. The average Bonchev–Trinajstić information content (AvgIpc) is 3.65. The molecule has 2 fully saturated rings. The molecule has 0 bridgehead atoms. The Morgan fingerprint density at radius 2 is 1.62 bits per heavy atom. The highest BCUT2D eigenvalue weighted by Crippen LogP contribution is 2.38. The van der Waals surface area contributed by atoms with E-state index in [1.54, 1.807) is 4.57 Å². The van der Waals surface area contributed by atoms with Crippen molar-refractivity contribution < 1.29 is 23.9 Å². The number of likely N-dealkylation sites (tertiary alicyclic amines) is 1. The number of aromatic nitrogens is 2. The van der Waals surface area contributed by atoms with Crippen LogP contribution >= 0.6 is 11.8 Å². The summed E-state index contributed by atoms with van der Waals surface area (Å²) in [6, 6.07) is 21.2. The van der Waals surface area contributed by atoms with Gasteiger partial charge in [0.15, 0.2) is 5.16 Å². The van der Waals surface area contributed by atoms with Crippen molar-refractivity contribution in [3.05, 3.63) is 82.6 Å². The third kappa shape index (κ3) is 9.44. The van der Waals surface area contributed by atoms with Gasteiger partial charge in [0.2, 0.25) is 11.8 Å². The first-order valence-electron chi connectivity index (χ1n) is 18.2. The van der Waals surface area contributed by atoms with Crippen LogP contribution in [-0.2, 0) is 30.4 Å². The van der Waals surface area contributed by atoms with Crippen LogP contribution in [0.25, 0.3) is 21.7 Å². The third-order valence-electron chi connectivity index (χ3n) is 9.84. The van der Waals surface area contributed by atoms with Gasteiger partial charge < -0.3 is 24.5 Å². The van der Waals surface area contributed by atoms with Gasteiger partial charge in [-0.3, -0.25) is 28.8 Å². The summed E-state index contributed by atoms with van der Waals surface area (Å²) in [5.74, 6) is -0.262. The Balaban J connectivity index is 1.05. The lowest BCUT2D eigenvalue weighted by atomic mass is 10.1. The normalized spacial score (nSPS) is 17.5. The summed E-state index contributed by atoms with van der Waals surface area (Å²) in [5, 5.41) is 5.41. The Kier molecular flexibility index (Phi) is 13.4. The highest BCUT2D eigenvalue weighted by molar-refractivity contribution is 8.00. The van der Waals surface area contributed by atoms with Gasteiger partial charge >= 0.3 is 0 Å². The average molecular weight is 729 g/mol. The van der Waals surface area contributed by atoms with Gasteiger partial charge in [-0.1, -0.05) is 66.4 Å². The summed E-state index contributed by atoms with van der Waals surface area (Å²) in [6.45, 7) is 9.66. The van der Waals surface area contributed by atoms with Crippen LogP contribution in [0.1, 0.15) is 30.6 Å². The molecule has 1 aromatic heterocycles. The molecule has 2 amide bonds. The van der Waals surface area contributed by atoms with E-state index in [4.69, 9.17) is 14.5 Å². The first kappa shape index (κ1) is 37.6. The molecule has 0 aliphatic carbocycles. The van der Waals surface area contributed by atoms with E-state index in [-0.39, 0.29) is 36.6 Å². The van der Waals surface area contributed by atoms with E-state index in [9.17, 15) is 19.2 Å². The number of aldehydes is 1. The number of thioether (sulfide) groups is 1. The topological polar surface area (TPSA) is 126 Å². The lowest BCUT2D eigenvalue weighted by Crippen LogP contribution is -2.48. The standard InChI is InChI=1S/C39H48N6O6S/c1-2-44-37(48)33-25-30-11-6-7-12-31(30)26-34(33)41-39(44)52-36(29-9-4-3-5-10-29)38(49)45-14-8-13-32(45)27-40-35(47)28-51-23-20-43-17-15-42(16-18-43)19-22-50-24-21-46/h3-7,9-12,21,25-26,32,36H,2,8,13-20,22-24,27-28H2,1H3,(H,40,47)/t32-,36-/m1/s1. The highest BCUT2D eigenvalue weighted by atomic mass is 32.2. The molecule has 0 saturated carbocycles. The van der Waals surface area contributed by atoms with Gasteiger partial charge in [-0.15, -0.1) is 0 Å². The number of benzene rings is 3. The van der Waals surface area contributed by atoms with Gasteiger partial charge in [0.1, 0.15) is 24.7 Å². The molecule has 0 radical (unpaired) electrons. The maximum absolute atomic E-state index is 14.4. The van der Waals surface area contributed by atoms with Crippen molar-refractivity contribution >= 4 is 51.5 Å². The van der Waals surface area contributed by atoms with Crippen molar-refractivity contribution in [2.45, 2.75) is 42.8 Å². The fourth-order valence-electron chi connectivity index (χ4n) is 6.94. The molecule has 13 heteroatoms. The van der Waals surface area contributed by atoms with Crippen LogP contribution in [0.4, 0.5) is 0 Å². The summed E-state index contributed by atoms with van der Waals surface area (Å²) in [6.07, 6.45) is 2.40. The van der Waals surface area contributed by atoms with E-state index in [2.05, 4.69) is 15.1 Å². The van der Waals surface area contributed by atoms with Gasteiger partial charge in [-0.05, 0) is 48.2 Å². The predicted octanol–water partition coefficient (Wildman–Crippen LogP) is 3.36. The Labute approximate surface area is 308 Å². The molecule has 2 atom stereocenters. The van der Waals surface area contributed by atoms with Gasteiger partial charge in [0.05, 0.1) is 24.1 Å². The van der Waals surface area contributed by atoms with Crippen LogP contribution < -0.4 is 10.9 Å². The molecule has 3 aromatic carbocycles. The van der Waals surface area contributed by atoms with Crippen LogP contribution in [0.3, 0.4) is 0 Å². The van der Waals surface area contributed by atoms with Crippen LogP contribution in [-0.4, -0.2) is 127 Å². The molecule has 12 nitrogen and oxygen atoms in total. The van der Waals surface area contributed by atoms with Gasteiger partial charge in [0, 0.05) is 64.9 Å². The number of rotatable bonds is 17. The summed E-state index contributed by atoms with van der Waals surface area (Å²) in [7, 11) is 0. The Morgan fingerprint density at radius 1 is 0.942 bits per heavy atom. The number of fused-ring (bicyclic) bond motifs is 2. The maximum Gasteiger partial charge on any atom is 0.262 e. The van der Waals surface area contributed by atoms with Crippen molar-refractivity contribution in [3.8, 4) is 0 Å². The van der Waals surface area contributed by atoms with Crippen molar-refractivity contribution in [3.63, 3.8) is 0 Å². The minimum atomic E-state index is -0.624. The Morgan fingerprint density at radius 3 is 2.31 bits per heavy atom. The summed E-state index contributed by atoms with van der Waals surface area (Å²) in [4.78, 5) is 62.8. The van der Waals surface area contributed by atoms with Crippen LogP contribution in [0.2, 0.25) is 0 Å². The first-order chi connectivity index (χ1) is 25.4. The number of nitrogens with one attached hydrogen (secondary N) is 1. The molecule has 0 unspecified atom stereocenters. The number of ether oxygens (including phenoxy) is 2. The molecule has 6 rings (SSSR count). The van der Waals surface area contributed by atoms with E-state index in [0.29, 0.717) is 48.9 Å². The zero-order chi connectivity index (χ0) is 36.3. The fourth-order valence-corrected chi connectivity index (χ4v) is 8.17. The molecule has 2 saturated heterocycles. The minimum Gasteiger partial charge on any atom is -0.373 e. The monoisotopic (exact) mass is 728 g/mol. The molecule has 4 aromatic rings. The number of nitrogens with zero attached hydrogens (tertiary/aromatic N) is 5. The number of hydrogen-bond acceptors (Lipinski definition) is 10. The number of carbonyl (C=O) groups is 3. The molecule has 0 spiro atoms. The molecule has 3 heterocycles. The zero-order valence-electron chi connectivity index (χ0n) is 29.8. The number of hydrogen-bond donors (Lipinski definition) is 1. The smallest absolute Gasteiger partial charge is 0.262 e. The third-order valence-corrected chi connectivity index (χ3v) is 11.1. The lowest BCUT2D eigenvalue weighted by Gasteiger charge is -2.34. The van der Waals surface area contributed by atoms with E-state index in [0.717, 1.165) is 74.7 Å². The summed E-state index contributed by atoms with van der Waals surface area (Å²) in [5.41, 5.74) is 1.32. The molecule has 1 N–H and O–H groups in total. The Bertz CT molecular complexity index is 1880. The second kappa shape index (κ2) is 18.6. The molecule has 2 aliphatic heterocycles. The van der Waals surface area contributed by atoms with Crippen LogP contribution in [0.5, 0.6) is 0 Å². The zero-order valence-corrected chi connectivity index (χ0v) is 30.6. The summed E-state index contributed by atoms with van der Waals surface area (Å²) >= 11 is 1.31.